The number of nitrogens with zero attached hydrogens (tertiary/aromatic N) is 1. The SMILES string of the molecule is CC(=O)Nc1ccc(CNC(=O)CNC(=O)c2cccc(S(=O)(=O)N(C)C)c2)cc1. The number of rotatable bonds is 8. The number of nitrogens with one attached hydrogen (secondary N) is 3. The van der Waals surface area contributed by atoms with Gasteiger partial charge in [0.25, 0.3) is 5.91 Å². The molecule has 3 amide bonds. The molecule has 0 atom stereocenters. The highest BCUT2D eigenvalue weighted by Crippen LogP contribution is 2.15. The fourth-order valence-electron chi connectivity index (χ4n) is 2.44. The molecule has 3 N–H and O–H groups in total. The maximum Gasteiger partial charge on any atom is 0.251 e. The van der Waals surface area contributed by atoms with Crippen molar-refractivity contribution in [3.05, 3.63) is 59.7 Å². The molecule has 0 fully saturated rings. The summed E-state index contributed by atoms with van der Waals surface area (Å²) in [5.41, 5.74) is 1.62. The fourth-order valence-corrected chi connectivity index (χ4v) is 3.39. The molecule has 9 nitrogen and oxygen atoms in total. The Morgan fingerprint density at radius 2 is 1.63 bits per heavy atom. The van der Waals surface area contributed by atoms with Crippen LogP contribution in [0.3, 0.4) is 0 Å². The molecule has 0 saturated heterocycles. The lowest BCUT2D eigenvalue weighted by Gasteiger charge is -2.12. The minimum atomic E-state index is -3.66. The molecule has 0 aliphatic rings. The van der Waals surface area contributed by atoms with Gasteiger partial charge in [-0.2, -0.15) is 0 Å². The first-order chi connectivity index (χ1) is 14.1. The van der Waals surface area contributed by atoms with Crippen molar-refractivity contribution in [1.29, 1.82) is 0 Å². The zero-order valence-corrected chi connectivity index (χ0v) is 17.7. The van der Waals surface area contributed by atoms with Gasteiger partial charge in [0.05, 0.1) is 11.4 Å². The van der Waals surface area contributed by atoms with E-state index in [0.29, 0.717) is 5.69 Å². The summed E-state index contributed by atoms with van der Waals surface area (Å²) in [5, 5.41) is 7.79. The Labute approximate surface area is 175 Å². The highest BCUT2D eigenvalue weighted by atomic mass is 32.2. The third-order valence-corrected chi connectivity index (χ3v) is 5.86. The molecule has 0 aromatic heterocycles. The minimum absolute atomic E-state index is 0.00712. The van der Waals surface area contributed by atoms with Crippen molar-refractivity contribution in [3.63, 3.8) is 0 Å². The van der Waals surface area contributed by atoms with Crippen molar-refractivity contribution < 1.29 is 22.8 Å². The van der Waals surface area contributed by atoms with E-state index in [-0.39, 0.29) is 29.5 Å². The van der Waals surface area contributed by atoms with Crippen molar-refractivity contribution in [3.8, 4) is 0 Å². The maximum absolute atomic E-state index is 12.3. The quantitative estimate of drug-likeness (QED) is 0.573. The van der Waals surface area contributed by atoms with Crippen LogP contribution in [0, 0.1) is 0 Å². The van der Waals surface area contributed by atoms with E-state index >= 15 is 0 Å². The molecule has 0 aliphatic carbocycles. The number of sulfonamides is 1. The average Bonchev–Trinajstić information content (AvgIpc) is 2.71. The smallest absolute Gasteiger partial charge is 0.251 e. The molecule has 0 saturated carbocycles. The molecule has 0 radical (unpaired) electrons. The Kier molecular flexibility index (Phi) is 7.67. The Hall–Kier alpha value is -3.24. The van der Waals surface area contributed by atoms with E-state index in [2.05, 4.69) is 16.0 Å². The molecule has 160 valence electrons. The van der Waals surface area contributed by atoms with Crippen LogP contribution in [0.1, 0.15) is 22.8 Å². The number of carbonyl (C=O) groups excluding carboxylic acids is 3. The van der Waals surface area contributed by atoms with Crippen LogP contribution in [0.2, 0.25) is 0 Å². The molecule has 10 heteroatoms. The van der Waals surface area contributed by atoms with Crippen molar-refractivity contribution in [2.24, 2.45) is 0 Å². The van der Waals surface area contributed by atoms with Gasteiger partial charge in [0, 0.05) is 38.8 Å². The largest absolute Gasteiger partial charge is 0.350 e. The highest BCUT2D eigenvalue weighted by Gasteiger charge is 2.18. The summed E-state index contributed by atoms with van der Waals surface area (Å²) >= 11 is 0. The Balaban J connectivity index is 1.87. The second kappa shape index (κ2) is 9.99. The van der Waals surface area contributed by atoms with Gasteiger partial charge >= 0.3 is 0 Å². The summed E-state index contributed by atoms with van der Waals surface area (Å²) < 4.78 is 25.4. The number of hydrogen-bond donors (Lipinski definition) is 3. The lowest BCUT2D eigenvalue weighted by molar-refractivity contribution is -0.120. The van der Waals surface area contributed by atoms with E-state index in [9.17, 15) is 22.8 Å². The van der Waals surface area contributed by atoms with Gasteiger partial charge in [-0.05, 0) is 35.9 Å². The lowest BCUT2D eigenvalue weighted by atomic mass is 10.2. The Morgan fingerprint density at radius 1 is 0.967 bits per heavy atom. The van der Waals surface area contributed by atoms with E-state index in [1.165, 1.54) is 45.3 Å². The van der Waals surface area contributed by atoms with Crippen LogP contribution in [0.15, 0.2) is 53.4 Å². The average molecular weight is 433 g/mol. The van der Waals surface area contributed by atoms with Gasteiger partial charge in [0.15, 0.2) is 0 Å². The molecule has 2 aromatic rings. The summed E-state index contributed by atoms with van der Waals surface area (Å²) in [5.74, 6) is -1.12. The van der Waals surface area contributed by atoms with Crippen LogP contribution in [0.4, 0.5) is 5.69 Å². The molecule has 2 rings (SSSR count). The first kappa shape index (κ1) is 23.0. The monoisotopic (exact) mass is 432 g/mol. The summed E-state index contributed by atoms with van der Waals surface area (Å²) in [6.45, 7) is 1.42. The van der Waals surface area contributed by atoms with E-state index in [1.54, 1.807) is 24.3 Å². The number of amides is 3. The van der Waals surface area contributed by atoms with Crippen LogP contribution in [-0.2, 0) is 26.2 Å². The van der Waals surface area contributed by atoms with Crippen LogP contribution in [-0.4, -0.2) is 51.1 Å². The van der Waals surface area contributed by atoms with E-state index < -0.39 is 21.8 Å². The van der Waals surface area contributed by atoms with Gasteiger partial charge in [-0.25, -0.2) is 12.7 Å². The predicted octanol–water partition coefficient (Wildman–Crippen LogP) is 0.941. The summed E-state index contributed by atoms with van der Waals surface area (Å²) in [6.07, 6.45) is 0. The fraction of sp³-hybridized carbons (Fsp3) is 0.250. The topological polar surface area (TPSA) is 125 Å². The summed E-state index contributed by atoms with van der Waals surface area (Å²) in [7, 11) is -0.857. The molecule has 0 spiro atoms. The standard InChI is InChI=1S/C20H24N4O5S/c1-14(25)23-17-9-7-15(8-10-17)12-21-19(26)13-22-20(27)16-5-4-6-18(11-16)30(28,29)24(2)3/h4-11H,12-13H2,1-3H3,(H,21,26)(H,22,27)(H,23,25). The summed E-state index contributed by atoms with van der Waals surface area (Å²) in [4.78, 5) is 35.3. The third kappa shape index (κ3) is 6.39. The van der Waals surface area contributed by atoms with Crippen LogP contribution >= 0.6 is 0 Å². The Morgan fingerprint density at radius 3 is 2.23 bits per heavy atom. The molecular weight excluding hydrogens is 408 g/mol. The number of benzene rings is 2. The number of carbonyl (C=O) groups is 3. The van der Waals surface area contributed by atoms with Crippen molar-refractivity contribution in [2.75, 3.05) is 26.0 Å². The van der Waals surface area contributed by atoms with Gasteiger partial charge in [-0.3, -0.25) is 14.4 Å². The Bertz CT molecular complexity index is 1030. The molecular formula is C20H24N4O5S. The second-order valence-corrected chi connectivity index (χ2v) is 8.80. The normalized spacial score (nSPS) is 11.1. The van der Waals surface area contributed by atoms with E-state index in [1.807, 2.05) is 0 Å². The van der Waals surface area contributed by atoms with Gasteiger partial charge in [0.1, 0.15) is 0 Å². The zero-order chi connectivity index (χ0) is 22.3. The van der Waals surface area contributed by atoms with Crippen LogP contribution in [0.25, 0.3) is 0 Å². The number of hydrogen-bond acceptors (Lipinski definition) is 5. The number of anilines is 1. The third-order valence-electron chi connectivity index (χ3n) is 4.05. The van der Waals surface area contributed by atoms with Crippen LogP contribution < -0.4 is 16.0 Å². The molecule has 0 aliphatic heterocycles. The predicted molar refractivity (Wildman–Crippen MR) is 112 cm³/mol. The molecule has 0 unspecified atom stereocenters. The minimum Gasteiger partial charge on any atom is -0.350 e. The van der Waals surface area contributed by atoms with Gasteiger partial charge in [0.2, 0.25) is 21.8 Å². The highest BCUT2D eigenvalue weighted by molar-refractivity contribution is 7.89. The van der Waals surface area contributed by atoms with Gasteiger partial charge in [-0.1, -0.05) is 18.2 Å². The first-order valence-electron chi connectivity index (χ1n) is 9.03. The molecule has 0 bridgehead atoms. The van der Waals surface area contributed by atoms with Crippen molar-refractivity contribution in [1.82, 2.24) is 14.9 Å². The molecule has 2 aromatic carbocycles. The maximum atomic E-state index is 12.3. The van der Waals surface area contributed by atoms with Crippen molar-refractivity contribution in [2.45, 2.75) is 18.4 Å². The van der Waals surface area contributed by atoms with Crippen LogP contribution in [0.5, 0.6) is 0 Å². The van der Waals surface area contributed by atoms with E-state index in [0.717, 1.165) is 9.87 Å². The molecule has 0 heterocycles. The zero-order valence-electron chi connectivity index (χ0n) is 16.9. The van der Waals surface area contributed by atoms with E-state index in [4.69, 9.17) is 0 Å². The first-order valence-corrected chi connectivity index (χ1v) is 10.5. The molecule has 30 heavy (non-hydrogen) atoms. The second-order valence-electron chi connectivity index (χ2n) is 6.65. The lowest BCUT2D eigenvalue weighted by Crippen LogP contribution is -2.36. The van der Waals surface area contributed by atoms with Gasteiger partial charge < -0.3 is 16.0 Å². The van der Waals surface area contributed by atoms with Crippen molar-refractivity contribution >= 4 is 33.4 Å². The summed E-state index contributed by atoms with van der Waals surface area (Å²) in [6, 6.07) is 12.6. The van der Waals surface area contributed by atoms with Gasteiger partial charge in [-0.15, -0.1) is 0 Å².